The first-order chi connectivity index (χ1) is 5.12. The number of hydrogen-bond donors (Lipinski definition) is 1. The van der Waals surface area contributed by atoms with Crippen molar-refractivity contribution in [2.24, 2.45) is 5.73 Å². The van der Waals surface area contributed by atoms with Gasteiger partial charge in [0.1, 0.15) is 5.67 Å². The van der Waals surface area contributed by atoms with E-state index in [9.17, 15) is 4.39 Å². The predicted molar refractivity (Wildman–Crippen MR) is 43.1 cm³/mol. The van der Waals surface area contributed by atoms with Crippen molar-refractivity contribution in [3.8, 4) is 0 Å². The summed E-state index contributed by atoms with van der Waals surface area (Å²) in [6.07, 6.45) is 6.03. The van der Waals surface area contributed by atoms with Crippen LogP contribution in [0.5, 0.6) is 0 Å². The standard InChI is InChI=1S/C9H16FN/c10-8-2-1-3-9(11,6-4-8)7-5-8/h1-7,11H2. The SMILES string of the molecule is NC12CCCC(F)(CC1)CC2. The summed E-state index contributed by atoms with van der Waals surface area (Å²) in [5.74, 6) is 0. The lowest BCUT2D eigenvalue weighted by atomic mass is 9.77. The zero-order valence-electron chi connectivity index (χ0n) is 6.91. The first kappa shape index (κ1) is 7.53. The van der Waals surface area contributed by atoms with Gasteiger partial charge in [-0.3, -0.25) is 0 Å². The number of alkyl halides is 1. The van der Waals surface area contributed by atoms with Gasteiger partial charge in [-0.15, -0.1) is 0 Å². The second-order valence-corrected chi connectivity index (χ2v) is 4.37. The summed E-state index contributed by atoms with van der Waals surface area (Å²) in [5, 5.41) is 0. The summed E-state index contributed by atoms with van der Waals surface area (Å²) < 4.78 is 13.7. The molecular formula is C9H16FN. The molecular weight excluding hydrogens is 141 g/mol. The average Bonchev–Trinajstić information content (AvgIpc) is 2.18. The van der Waals surface area contributed by atoms with Gasteiger partial charge in [-0.2, -0.15) is 0 Å². The van der Waals surface area contributed by atoms with Crippen molar-refractivity contribution in [3.63, 3.8) is 0 Å². The smallest absolute Gasteiger partial charge is 0.111 e. The van der Waals surface area contributed by atoms with Crippen molar-refractivity contribution in [1.82, 2.24) is 0 Å². The molecule has 2 N–H and O–H groups in total. The Hall–Kier alpha value is -0.110. The van der Waals surface area contributed by atoms with Crippen molar-refractivity contribution >= 4 is 0 Å². The van der Waals surface area contributed by atoms with Crippen LogP contribution in [0.25, 0.3) is 0 Å². The lowest BCUT2D eigenvalue weighted by molar-refractivity contribution is 0.0891. The van der Waals surface area contributed by atoms with Crippen molar-refractivity contribution in [3.05, 3.63) is 0 Å². The highest BCUT2D eigenvalue weighted by atomic mass is 19.1. The van der Waals surface area contributed by atoms with Gasteiger partial charge in [-0.05, 0) is 44.9 Å². The highest BCUT2D eigenvalue weighted by Gasteiger charge is 2.43. The molecule has 3 aliphatic carbocycles. The van der Waals surface area contributed by atoms with Gasteiger partial charge < -0.3 is 5.73 Å². The minimum atomic E-state index is -0.834. The fourth-order valence-corrected chi connectivity index (χ4v) is 2.45. The number of rotatable bonds is 0. The molecule has 3 saturated carbocycles. The molecule has 0 unspecified atom stereocenters. The molecule has 0 saturated heterocycles. The lowest BCUT2D eigenvalue weighted by Crippen LogP contribution is -2.44. The van der Waals surface area contributed by atoms with Crippen molar-refractivity contribution in [1.29, 1.82) is 0 Å². The molecule has 0 aromatic carbocycles. The van der Waals surface area contributed by atoms with E-state index in [0.717, 1.165) is 32.1 Å². The van der Waals surface area contributed by atoms with Gasteiger partial charge in [-0.1, -0.05) is 0 Å². The Bertz CT molecular complexity index is 141. The van der Waals surface area contributed by atoms with E-state index in [4.69, 9.17) is 5.73 Å². The molecule has 1 nitrogen and oxygen atoms in total. The Morgan fingerprint density at radius 2 is 1.55 bits per heavy atom. The van der Waals surface area contributed by atoms with Crippen molar-refractivity contribution < 1.29 is 4.39 Å². The van der Waals surface area contributed by atoms with Crippen LogP contribution in [0, 0.1) is 0 Å². The Kier molecular flexibility index (Phi) is 1.50. The van der Waals surface area contributed by atoms with E-state index in [1.807, 2.05) is 0 Å². The fraction of sp³-hybridized carbons (Fsp3) is 1.00. The molecule has 3 fully saturated rings. The van der Waals surface area contributed by atoms with Crippen LogP contribution in [0.15, 0.2) is 0 Å². The summed E-state index contributed by atoms with van der Waals surface area (Å²) in [5.41, 5.74) is 5.26. The van der Waals surface area contributed by atoms with Crippen LogP contribution in [-0.2, 0) is 0 Å². The topological polar surface area (TPSA) is 26.0 Å². The number of nitrogens with two attached hydrogens (primary N) is 1. The first-order valence-electron chi connectivity index (χ1n) is 4.60. The minimum absolute atomic E-state index is 0.00604. The van der Waals surface area contributed by atoms with Gasteiger partial charge in [-0.25, -0.2) is 4.39 Å². The van der Waals surface area contributed by atoms with Gasteiger partial charge in [0.05, 0.1) is 0 Å². The third-order valence-corrected chi connectivity index (χ3v) is 3.44. The summed E-state index contributed by atoms with van der Waals surface area (Å²) in [6.45, 7) is 0. The lowest BCUT2D eigenvalue weighted by Gasteiger charge is -2.36. The Labute approximate surface area is 67.2 Å². The van der Waals surface area contributed by atoms with E-state index in [-0.39, 0.29) is 5.54 Å². The minimum Gasteiger partial charge on any atom is -0.325 e. The second-order valence-electron chi connectivity index (χ2n) is 4.37. The Morgan fingerprint density at radius 3 is 2.18 bits per heavy atom. The third-order valence-electron chi connectivity index (χ3n) is 3.44. The molecule has 11 heavy (non-hydrogen) atoms. The van der Waals surface area contributed by atoms with Gasteiger partial charge in [0.2, 0.25) is 0 Å². The van der Waals surface area contributed by atoms with Crippen LogP contribution in [-0.4, -0.2) is 11.2 Å². The summed E-state index contributed by atoms with van der Waals surface area (Å²) >= 11 is 0. The van der Waals surface area contributed by atoms with E-state index in [1.165, 1.54) is 0 Å². The maximum absolute atomic E-state index is 13.7. The van der Waals surface area contributed by atoms with Crippen LogP contribution in [0.4, 0.5) is 4.39 Å². The average molecular weight is 157 g/mol. The zero-order chi connectivity index (χ0) is 7.95. The van der Waals surface area contributed by atoms with Crippen LogP contribution in [0.1, 0.15) is 44.9 Å². The molecule has 2 heteroatoms. The van der Waals surface area contributed by atoms with Crippen LogP contribution in [0.3, 0.4) is 0 Å². The molecule has 0 aromatic heterocycles. The predicted octanol–water partition coefficient (Wildman–Crippen LogP) is 2.15. The maximum Gasteiger partial charge on any atom is 0.111 e. The van der Waals surface area contributed by atoms with E-state index in [1.54, 1.807) is 0 Å². The van der Waals surface area contributed by atoms with Crippen molar-refractivity contribution in [2.75, 3.05) is 0 Å². The quantitative estimate of drug-likeness (QED) is 0.573. The van der Waals surface area contributed by atoms with Gasteiger partial charge in [0.25, 0.3) is 0 Å². The fourth-order valence-electron chi connectivity index (χ4n) is 2.45. The molecule has 0 amide bonds. The van der Waals surface area contributed by atoms with Gasteiger partial charge >= 0.3 is 0 Å². The van der Waals surface area contributed by atoms with Crippen molar-refractivity contribution in [2.45, 2.75) is 56.2 Å². The molecule has 3 aliphatic rings. The Balaban J connectivity index is 2.17. The molecule has 0 spiro atoms. The van der Waals surface area contributed by atoms with Gasteiger partial charge in [0, 0.05) is 5.54 Å². The van der Waals surface area contributed by atoms with E-state index >= 15 is 0 Å². The highest BCUT2D eigenvalue weighted by molar-refractivity contribution is 4.99. The van der Waals surface area contributed by atoms with E-state index in [0.29, 0.717) is 12.8 Å². The molecule has 2 bridgehead atoms. The second kappa shape index (κ2) is 2.19. The normalized spacial score (nSPS) is 50.7. The number of fused-ring (bicyclic) bond motifs is 4. The monoisotopic (exact) mass is 157 g/mol. The van der Waals surface area contributed by atoms with Crippen LogP contribution in [0.2, 0.25) is 0 Å². The zero-order valence-corrected chi connectivity index (χ0v) is 6.91. The maximum atomic E-state index is 13.7. The van der Waals surface area contributed by atoms with E-state index < -0.39 is 5.67 Å². The molecule has 64 valence electrons. The van der Waals surface area contributed by atoms with Gasteiger partial charge in [0.15, 0.2) is 0 Å². The highest BCUT2D eigenvalue weighted by Crippen LogP contribution is 2.45. The molecule has 0 heterocycles. The molecule has 0 radical (unpaired) electrons. The summed E-state index contributed by atoms with van der Waals surface area (Å²) in [6, 6.07) is 0. The summed E-state index contributed by atoms with van der Waals surface area (Å²) in [4.78, 5) is 0. The largest absolute Gasteiger partial charge is 0.325 e. The molecule has 0 aromatic rings. The van der Waals surface area contributed by atoms with E-state index in [2.05, 4.69) is 0 Å². The number of hydrogen-bond acceptors (Lipinski definition) is 1. The van der Waals surface area contributed by atoms with Crippen LogP contribution >= 0.6 is 0 Å². The summed E-state index contributed by atoms with van der Waals surface area (Å²) in [7, 11) is 0. The van der Waals surface area contributed by atoms with Crippen LogP contribution < -0.4 is 5.73 Å². The Morgan fingerprint density at radius 1 is 0.909 bits per heavy atom. The molecule has 0 aliphatic heterocycles. The number of halogens is 1. The molecule has 3 rings (SSSR count). The first-order valence-corrected chi connectivity index (χ1v) is 4.60. The molecule has 0 atom stereocenters. The third kappa shape index (κ3) is 1.28.